The average Bonchev–Trinajstić information content (AvgIpc) is 3.01. The molecule has 4 heterocycles. The zero-order valence-electron chi connectivity index (χ0n) is 11.0. The quantitative estimate of drug-likeness (QED) is 0.690. The maximum Gasteiger partial charge on any atom is 0.309 e. The summed E-state index contributed by atoms with van der Waals surface area (Å²) in [6.45, 7) is 0. The minimum Gasteiger partial charge on any atom is -0.462 e. The molecule has 0 amide bonds. The van der Waals surface area contributed by atoms with E-state index >= 15 is 0 Å². The average molecular weight is 294 g/mol. The molecule has 0 aromatic rings. The fourth-order valence-electron chi connectivity index (χ4n) is 3.07. The van der Waals surface area contributed by atoms with Crippen molar-refractivity contribution < 1.29 is 33.3 Å². The highest BCUT2D eigenvalue weighted by Crippen LogP contribution is 2.37. The molecule has 4 aliphatic rings. The van der Waals surface area contributed by atoms with Crippen LogP contribution in [0.25, 0.3) is 0 Å². The Bertz CT molecular complexity index is 479. The second kappa shape index (κ2) is 4.77. The maximum atomic E-state index is 11.4. The highest BCUT2D eigenvalue weighted by Gasteiger charge is 2.47. The van der Waals surface area contributed by atoms with Crippen molar-refractivity contribution in [2.45, 2.75) is 37.6 Å². The second-order valence-corrected chi connectivity index (χ2v) is 5.45. The molecule has 0 N–H and O–H groups in total. The van der Waals surface area contributed by atoms with Crippen LogP contribution >= 0.6 is 0 Å². The monoisotopic (exact) mass is 294 g/mol. The van der Waals surface area contributed by atoms with Crippen LogP contribution in [0.3, 0.4) is 0 Å². The molecule has 112 valence electrons. The van der Waals surface area contributed by atoms with E-state index in [0.717, 1.165) is 0 Å². The van der Waals surface area contributed by atoms with Gasteiger partial charge in [-0.1, -0.05) is 0 Å². The van der Waals surface area contributed by atoms with Gasteiger partial charge in [0.25, 0.3) is 0 Å². The highest BCUT2D eigenvalue weighted by atomic mass is 16.7. The third-order valence-electron chi connectivity index (χ3n) is 4.12. The van der Waals surface area contributed by atoms with Crippen LogP contribution in [0.15, 0.2) is 24.7 Å². The predicted molar refractivity (Wildman–Crippen MR) is 65.1 cm³/mol. The first-order chi connectivity index (χ1) is 10.2. The molecule has 7 heteroatoms. The smallest absolute Gasteiger partial charge is 0.309 e. The lowest BCUT2D eigenvalue weighted by atomic mass is 9.95. The van der Waals surface area contributed by atoms with Crippen LogP contribution in [-0.2, 0) is 33.3 Å². The molecule has 0 bridgehead atoms. The number of ether oxygens (including phenoxy) is 5. The van der Waals surface area contributed by atoms with E-state index in [0.29, 0.717) is 0 Å². The van der Waals surface area contributed by atoms with Crippen molar-refractivity contribution in [3.8, 4) is 0 Å². The van der Waals surface area contributed by atoms with Crippen LogP contribution in [0.4, 0.5) is 0 Å². The minimum atomic E-state index is -0.589. The molecule has 2 fully saturated rings. The normalized spacial score (nSPS) is 43.4. The first-order valence-electron chi connectivity index (χ1n) is 6.89. The summed E-state index contributed by atoms with van der Waals surface area (Å²) in [5.74, 6) is -0.922. The number of esters is 2. The summed E-state index contributed by atoms with van der Waals surface area (Å²) in [5, 5.41) is 0. The summed E-state index contributed by atoms with van der Waals surface area (Å²) in [6.07, 6.45) is 5.23. The van der Waals surface area contributed by atoms with E-state index in [1.807, 2.05) is 0 Å². The molecule has 0 unspecified atom stereocenters. The SMILES string of the molecule is O=C1C[C@@H]2[C@@H](OC=C[C@H]2O[C@@H]2C=CO[C@H]3OC(=O)C[C@H]32)O1. The summed E-state index contributed by atoms with van der Waals surface area (Å²) in [6, 6.07) is 0. The molecule has 0 spiro atoms. The Balaban J connectivity index is 1.50. The van der Waals surface area contributed by atoms with Gasteiger partial charge in [-0.2, -0.15) is 0 Å². The third-order valence-corrected chi connectivity index (χ3v) is 4.12. The standard InChI is InChI=1S/C14H14O7/c15-11-5-7-9(1-3-17-13(7)20-11)19-10-2-4-18-14-8(10)6-12(16)21-14/h1-4,7-10,13-14H,5-6H2/t7-,8-,9+,10+,13-,14-/m0/s1. The van der Waals surface area contributed by atoms with Crippen molar-refractivity contribution in [3.05, 3.63) is 24.7 Å². The van der Waals surface area contributed by atoms with Gasteiger partial charge in [-0.3, -0.25) is 9.59 Å². The highest BCUT2D eigenvalue weighted by molar-refractivity contribution is 5.72. The Morgan fingerprint density at radius 2 is 1.33 bits per heavy atom. The number of hydrogen-bond donors (Lipinski definition) is 0. The predicted octanol–water partition coefficient (Wildman–Crippen LogP) is 0.606. The topological polar surface area (TPSA) is 80.3 Å². The van der Waals surface area contributed by atoms with Gasteiger partial charge in [0.15, 0.2) is 0 Å². The van der Waals surface area contributed by atoms with Crippen LogP contribution in [0.5, 0.6) is 0 Å². The van der Waals surface area contributed by atoms with Crippen molar-refractivity contribution in [2.75, 3.05) is 0 Å². The summed E-state index contributed by atoms with van der Waals surface area (Å²) in [5.41, 5.74) is 0. The van der Waals surface area contributed by atoms with Crippen LogP contribution in [-0.4, -0.2) is 36.7 Å². The van der Waals surface area contributed by atoms with Crippen molar-refractivity contribution in [1.82, 2.24) is 0 Å². The molecule has 0 aliphatic carbocycles. The first-order valence-corrected chi connectivity index (χ1v) is 6.89. The largest absolute Gasteiger partial charge is 0.462 e. The second-order valence-electron chi connectivity index (χ2n) is 5.45. The Hall–Kier alpha value is -2.02. The van der Waals surface area contributed by atoms with E-state index in [-0.39, 0.29) is 48.8 Å². The third kappa shape index (κ3) is 2.17. The molecule has 0 aromatic carbocycles. The number of carbonyl (C=O) groups excluding carboxylic acids is 2. The van der Waals surface area contributed by atoms with Crippen LogP contribution in [0.1, 0.15) is 12.8 Å². The van der Waals surface area contributed by atoms with E-state index < -0.39 is 12.6 Å². The van der Waals surface area contributed by atoms with E-state index in [1.54, 1.807) is 12.2 Å². The van der Waals surface area contributed by atoms with E-state index in [4.69, 9.17) is 23.7 Å². The lowest BCUT2D eigenvalue weighted by Gasteiger charge is -2.33. The summed E-state index contributed by atoms with van der Waals surface area (Å²) < 4.78 is 26.7. The molecule has 0 aromatic heterocycles. The zero-order chi connectivity index (χ0) is 14.4. The van der Waals surface area contributed by atoms with Gasteiger partial charge in [0.1, 0.15) is 0 Å². The van der Waals surface area contributed by atoms with Gasteiger partial charge in [0.05, 0.1) is 49.4 Å². The molecule has 2 saturated heterocycles. The number of fused-ring (bicyclic) bond motifs is 2. The summed E-state index contributed by atoms with van der Waals surface area (Å²) in [4.78, 5) is 22.8. The van der Waals surface area contributed by atoms with Crippen molar-refractivity contribution in [3.63, 3.8) is 0 Å². The molecule has 0 radical (unpaired) electrons. The van der Waals surface area contributed by atoms with Gasteiger partial charge in [0.2, 0.25) is 12.6 Å². The Morgan fingerprint density at radius 3 is 1.81 bits per heavy atom. The lowest BCUT2D eigenvalue weighted by molar-refractivity contribution is -0.174. The molecule has 21 heavy (non-hydrogen) atoms. The van der Waals surface area contributed by atoms with Gasteiger partial charge in [0, 0.05) is 0 Å². The number of carbonyl (C=O) groups is 2. The van der Waals surface area contributed by atoms with Crippen molar-refractivity contribution >= 4 is 11.9 Å². The zero-order valence-corrected chi connectivity index (χ0v) is 11.0. The molecular weight excluding hydrogens is 280 g/mol. The van der Waals surface area contributed by atoms with Crippen LogP contribution < -0.4 is 0 Å². The van der Waals surface area contributed by atoms with E-state index in [9.17, 15) is 9.59 Å². The van der Waals surface area contributed by atoms with Gasteiger partial charge in [-0.05, 0) is 12.2 Å². The van der Waals surface area contributed by atoms with E-state index in [2.05, 4.69) is 0 Å². The number of rotatable bonds is 2. The summed E-state index contributed by atoms with van der Waals surface area (Å²) in [7, 11) is 0. The maximum absolute atomic E-state index is 11.4. The Kier molecular flexibility index (Phi) is 2.88. The van der Waals surface area contributed by atoms with Crippen LogP contribution in [0, 0.1) is 11.8 Å². The molecule has 4 aliphatic heterocycles. The van der Waals surface area contributed by atoms with Gasteiger partial charge < -0.3 is 23.7 Å². The first kappa shape index (κ1) is 12.7. The van der Waals surface area contributed by atoms with Gasteiger partial charge in [-0.15, -0.1) is 0 Å². The molecular formula is C14H14O7. The van der Waals surface area contributed by atoms with E-state index in [1.165, 1.54) is 12.5 Å². The van der Waals surface area contributed by atoms with Crippen molar-refractivity contribution in [2.24, 2.45) is 11.8 Å². The molecule has 6 atom stereocenters. The fraction of sp³-hybridized carbons (Fsp3) is 0.571. The molecule has 0 saturated carbocycles. The Morgan fingerprint density at radius 1 is 0.857 bits per heavy atom. The van der Waals surface area contributed by atoms with Crippen LogP contribution in [0.2, 0.25) is 0 Å². The Labute approximate surface area is 120 Å². The van der Waals surface area contributed by atoms with Gasteiger partial charge >= 0.3 is 11.9 Å². The number of hydrogen-bond acceptors (Lipinski definition) is 7. The minimum absolute atomic E-state index is 0.171. The van der Waals surface area contributed by atoms with Gasteiger partial charge in [-0.25, -0.2) is 0 Å². The lowest BCUT2D eigenvalue weighted by Crippen LogP contribution is -2.40. The van der Waals surface area contributed by atoms with Crippen molar-refractivity contribution in [1.29, 1.82) is 0 Å². The fourth-order valence-corrected chi connectivity index (χ4v) is 3.07. The summed E-state index contributed by atoms with van der Waals surface area (Å²) >= 11 is 0. The molecule has 7 nitrogen and oxygen atoms in total. The molecule has 4 rings (SSSR count).